The third-order valence-corrected chi connectivity index (χ3v) is 7.00. The van der Waals surface area contributed by atoms with Crippen molar-refractivity contribution in [2.24, 2.45) is 5.41 Å². The molecule has 82 valence electrons. The molecule has 0 fully saturated rings. The van der Waals surface area contributed by atoms with Gasteiger partial charge in [0.25, 0.3) is 0 Å². The Morgan fingerprint density at radius 1 is 0.929 bits per heavy atom. The molecule has 0 heterocycles. The Bertz CT molecular complexity index is 275. The third-order valence-electron chi connectivity index (χ3n) is 3.31. The predicted molar refractivity (Wildman–Crippen MR) is 65.2 cm³/mol. The fourth-order valence-corrected chi connectivity index (χ4v) is 5.47. The quantitative estimate of drug-likeness (QED) is 0.663. The molecule has 14 heavy (non-hydrogen) atoms. The first-order valence-corrected chi connectivity index (χ1v) is 8.19. The summed E-state index contributed by atoms with van der Waals surface area (Å²) in [7, 11) is 0. The molecule has 0 saturated heterocycles. The number of hydrogen-bond acceptors (Lipinski definition) is 0. The molecule has 1 aliphatic rings. The van der Waals surface area contributed by atoms with Crippen LogP contribution >= 0.6 is 24.8 Å². The summed E-state index contributed by atoms with van der Waals surface area (Å²) in [5, 5.41) is 0. The molecule has 0 aromatic heterocycles. The molecule has 0 aromatic carbocycles. The van der Waals surface area contributed by atoms with Crippen molar-refractivity contribution < 1.29 is 23.2 Å². The van der Waals surface area contributed by atoms with E-state index in [9.17, 15) is 0 Å². The summed E-state index contributed by atoms with van der Waals surface area (Å²) in [6, 6.07) is 0. The number of halogens is 2. The minimum atomic E-state index is -0.250. The van der Waals surface area contributed by atoms with E-state index in [0.29, 0.717) is 5.41 Å². The van der Waals surface area contributed by atoms with E-state index in [0.717, 1.165) is 0 Å². The molecule has 0 aliphatic heterocycles. The van der Waals surface area contributed by atoms with Gasteiger partial charge in [-0.1, -0.05) is 0 Å². The van der Waals surface area contributed by atoms with E-state index in [-0.39, 0.29) is 48.0 Å². The average Bonchev–Trinajstić information content (AvgIpc) is 2.13. The van der Waals surface area contributed by atoms with E-state index < -0.39 is 0 Å². The summed E-state index contributed by atoms with van der Waals surface area (Å²) >= 11 is -0.250. The Labute approximate surface area is 112 Å². The second kappa shape index (κ2) is 5.87. The van der Waals surface area contributed by atoms with Crippen molar-refractivity contribution in [1.29, 1.82) is 0 Å². The SMILES string of the molecule is Cl.Cl.[CH3][Zr][C]1=C(C)C(C)=C(C)C1(C)C. The third kappa shape index (κ3) is 2.54. The Kier molecular flexibility index (Phi) is 7.27. The van der Waals surface area contributed by atoms with Crippen molar-refractivity contribution in [2.45, 2.75) is 39.3 Å². The van der Waals surface area contributed by atoms with Gasteiger partial charge in [-0.3, -0.25) is 0 Å². The van der Waals surface area contributed by atoms with Crippen molar-refractivity contribution in [3.63, 3.8) is 0 Å². The van der Waals surface area contributed by atoms with Crippen LogP contribution in [0.4, 0.5) is 0 Å². The number of allylic oxidation sites excluding steroid dienone is 4. The zero-order valence-electron chi connectivity index (χ0n) is 9.82. The van der Waals surface area contributed by atoms with Crippen LogP contribution in [0.15, 0.2) is 20.0 Å². The van der Waals surface area contributed by atoms with Crippen LogP contribution in [0.3, 0.4) is 0 Å². The second-order valence-electron chi connectivity index (χ2n) is 4.12. The Morgan fingerprint density at radius 3 is 1.50 bits per heavy atom. The van der Waals surface area contributed by atoms with Gasteiger partial charge in [0.15, 0.2) is 0 Å². The zero-order chi connectivity index (χ0) is 9.52. The van der Waals surface area contributed by atoms with E-state index in [1.807, 2.05) is 0 Å². The van der Waals surface area contributed by atoms with Crippen LogP contribution in [-0.2, 0) is 23.2 Å². The molecule has 3 heteroatoms. The first-order chi connectivity index (χ1) is 5.42. The van der Waals surface area contributed by atoms with E-state index in [2.05, 4.69) is 39.3 Å². The van der Waals surface area contributed by atoms with Gasteiger partial charge in [0.1, 0.15) is 0 Å². The Morgan fingerprint density at radius 2 is 1.36 bits per heavy atom. The number of hydrogen-bond donors (Lipinski definition) is 0. The molecule has 0 saturated carbocycles. The predicted octanol–water partition coefficient (Wildman–Crippen LogP) is 4.61. The van der Waals surface area contributed by atoms with Gasteiger partial charge < -0.3 is 0 Å². The molecule has 0 nitrogen and oxygen atoms in total. The maximum atomic E-state index is 2.43. The van der Waals surface area contributed by atoms with Gasteiger partial charge in [0.05, 0.1) is 0 Å². The van der Waals surface area contributed by atoms with Crippen molar-refractivity contribution in [3.05, 3.63) is 20.0 Å². The van der Waals surface area contributed by atoms with Crippen LogP contribution in [0.25, 0.3) is 0 Å². The van der Waals surface area contributed by atoms with Crippen LogP contribution in [0, 0.1) is 5.41 Å². The minimum absolute atomic E-state index is 0. The van der Waals surface area contributed by atoms with Gasteiger partial charge in [-0.2, -0.15) is 0 Å². The van der Waals surface area contributed by atoms with Crippen molar-refractivity contribution >= 4 is 24.8 Å². The Hall–Kier alpha value is 0.943. The molecular formula is C11H20Cl2Zr. The standard InChI is InChI=1S/C10H15.CH3.2ClH.Zr/c1-7-6-10(4,5)9(3)8(7)2;;;;/h1-5H3;1H3;2*1H;. The van der Waals surface area contributed by atoms with Crippen LogP contribution in [0.2, 0.25) is 4.63 Å². The first kappa shape index (κ1) is 17.3. The summed E-state index contributed by atoms with van der Waals surface area (Å²) in [6.45, 7) is 11.6. The fraction of sp³-hybridized carbons (Fsp3) is 0.636. The van der Waals surface area contributed by atoms with Gasteiger partial charge in [0, 0.05) is 0 Å². The van der Waals surface area contributed by atoms with Crippen molar-refractivity contribution in [1.82, 2.24) is 0 Å². The zero-order valence-corrected chi connectivity index (χ0v) is 13.9. The average molecular weight is 314 g/mol. The molecule has 0 amide bonds. The van der Waals surface area contributed by atoms with Gasteiger partial charge in [-0.15, -0.1) is 24.8 Å². The molecule has 0 radical (unpaired) electrons. The van der Waals surface area contributed by atoms with Gasteiger partial charge in [0.2, 0.25) is 0 Å². The number of rotatable bonds is 1. The normalized spacial score (nSPS) is 19.0. The Balaban J connectivity index is 0. The van der Waals surface area contributed by atoms with Gasteiger partial charge >= 0.3 is 87.9 Å². The molecule has 0 N–H and O–H groups in total. The molecule has 0 spiro atoms. The van der Waals surface area contributed by atoms with Crippen LogP contribution in [0.5, 0.6) is 0 Å². The molecule has 1 aliphatic carbocycles. The topological polar surface area (TPSA) is 0 Å². The molecule has 0 bridgehead atoms. The van der Waals surface area contributed by atoms with Crippen LogP contribution < -0.4 is 0 Å². The van der Waals surface area contributed by atoms with Crippen molar-refractivity contribution in [2.75, 3.05) is 0 Å². The van der Waals surface area contributed by atoms with Gasteiger partial charge in [-0.25, -0.2) is 0 Å². The second-order valence-corrected chi connectivity index (χ2v) is 6.58. The van der Waals surface area contributed by atoms with Crippen LogP contribution in [0.1, 0.15) is 34.6 Å². The van der Waals surface area contributed by atoms with Crippen molar-refractivity contribution in [3.8, 4) is 0 Å². The molecule has 0 aromatic rings. The maximum absolute atomic E-state index is 2.43. The summed E-state index contributed by atoms with van der Waals surface area (Å²) in [4.78, 5) is 0. The summed E-state index contributed by atoms with van der Waals surface area (Å²) in [5.74, 6) is 0. The fourth-order valence-electron chi connectivity index (χ4n) is 2.09. The monoisotopic (exact) mass is 312 g/mol. The van der Waals surface area contributed by atoms with Gasteiger partial charge in [-0.05, 0) is 0 Å². The van der Waals surface area contributed by atoms with E-state index in [1.165, 1.54) is 0 Å². The molecular weight excluding hydrogens is 294 g/mol. The van der Waals surface area contributed by atoms with E-state index >= 15 is 0 Å². The first-order valence-electron chi connectivity index (χ1n) is 4.50. The molecule has 1 rings (SSSR count). The van der Waals surface area contributed by atoms with Crippen LogP contribution in [-0.4, -0.2) is 0 Å². The summed E-state index contributed by atoms with van der Waals surface area (Å²) < 4.78 is 4.22. The van der Waals surface area contributed by atoms with E-state index in [1.54, 1.807) is 20.0 Å². The van der Waals surface area contributed by atoms with E-state index in [4.69, 9.17) is 0 Å². The summed E-state index contributed by atoms with van der Waals surface area (Å²) in [5.41, 5.74) is 5.15. The molecule has 0 unspecified atom stereocenters. The molecule has 0 atom stereocenters. The summed E-state index contributed by atoms with van der Waals surface area (Å²) in [6.07, 6.45) is 0.